The van der Waals surface area contributed by atoms with Crippen molar-refractivity contribution in [3.63, 3.8) is 0 Å². The third kappa shape index (κ3) is 3.08. The molecule has 1 unspecified atom stereocenters. The van der Waals surface area contributed by atoms with Crippen LogP contribution in [-0.2, 0) is 0 Å². The van der Waals surface area contributed by atoms with Crippen LogP contribution in [-0.4, -0.2) is 14.2 Å². The molecule has 0 bridgehead atoms. The summed E-state index contributed by atoms with van der Waals surface area (Å²) in [5.41, 5.74) is 0.512. The Kier molecular flexibility index (Phi) is 4.58. The molecule has 0 heterocycles. The Morgan fingerprint density at radius 3 is 2.50 bits per heavy atom. The first-order valence-electron chi connectivity index (χ1n) is 6.43. The molecule has 0 aliphatic heterocycles. The first-order chi connectivity index (χ1) is 9.65. The van der Waals surface area contributed by atoms with Crippen molar-refractivity contribution in [1.82, 2.24) is 5.32 Å². The summed E-state index contributed by atoms with van der Waals surface area (Å²) < 4.78 is 24.9. The highest BCUT2D eigenvalue weighted by atomic mass is 19.1. The molecular formula is C16H18FNO2. The molecule has 3 nitrogen and oxygen atoms in total. The van der Waals surface area contributed by atoms with Crippen molar-refractivity contribution in [3.05, 3.63) is 53.8 Å². The average molecular weight is 275 g/mol. The Labute approximate surface area is 118 Å². The summed E-state index contributed by atoms with van der Waals surface area (Å²) >= 11 is 0. The highest BCUT2D eigenvalue weighted by Gasteiger charge is 2.16. The fourth-order valence-corrected chi connectivity index (χ4v) is 1.96. The van der Waals surface area contributed by atoms with E-state index in [0.29, 0.717) is 22.8 Å². The molecule has 0 aliphatic carbocycles. The maximum atomic E-state index is 14.0. The van der Waals surface area contributed by atoms with Crippen LogP contribution in [0, 0.1) is 5.82 Å². The number of rotatable bonds is 5. The van der Waals surface area contributed by atoms with Crippen LogP contribution in [0.1, 0.15) is 18.5 Å². The van der Waals surface area contributed by atoms with Crippen molar-refractivity contribution < 1.29 is 13.9 Å². The fourth-order valence-electron chi connectivity index (χ4n) is 1.96. The van der Waals surface area contributed by atoms with E-state index in [0.717, 1.165) is 0 Å². The Morgan fingerprint density at radius 2 is 1.80 bits per heavy atom. The first kappa shape index (κ1) is 14.3. The van der Waals surface area contributed by atoms with E-state index in [1.165, 1.54) is 6.07 Å². The van der Waals surface area contributed by atoms with Crippen LogP contribution in [0.4, 0.5) is 4.39 Å². The lowest BCUT2D eigenvalue weighted by molar-refractivity contribution is 0.407. The van der Waals surface area contributed by atoms with E-state index in [1.807, 2.05) is 19.1 Å². The van der Waals surface area contributed by atoms with Gasteiger partial charge in [0.1, 0.15) is 23.1 Å². The summed E-state index contributed by atoms with van der Waals surface area (Å²) in [6, 6.07) is 11.9. The van der Waals surface area contributed by atoms with E-state index >= 15 is 0 Å². The van der Waals surface area contributed by atoms with Crippen LogP contribution in [0.25, 0.3) is 0 Å². The predicted octanol–water partition coefficient (Wildman–Crippen LogP) is 3.91. The quantitative estimate of drug-likeness (QED) is 0.897. The zero-order chi connectivity index (χ0) is 14.5. The summed E-state index contributed by atoms with van der Waals surface area (Å²) in [6.45, 7) is 1.89. The SMILES string of the molecule is CNC(C)c1c(F)cccc1Oc1cccc(OC)c1. The zero-order valence-corrected chi connectivity index (χ0v) is 11.8. The van der Waals surface area contributed by atoms with E-state index in [-0.39, 0.29) is 11.9 Å². The second-order valence-corrected chi connectivity index (χ2v) is 4.44. The molecule has 1 N–H and O–H groups in total. The van der Waals surface area contributed by atoms with Crippen LogP contribution >= 0.6 is 0 Å². The summed E-state index contributed by atoms with van der Waals surface area (Å²) in [7, 11) is 3.38. The Bertz CT molecular complexity index is 586. The number of ether oxygens (including phenoxy) is 2. The van der Waals surface area contributed by atoms with Crippen molar-refractivity contribution in [2.24, 2.45) is 0 Å². The molecule has 0 radical (unpaired) electrons. The first-order valence-corrected chi connectivity index (χ1v) is 6.43. The highest BCUT2D eigenvalue weighted by Crippen LogP contribution is 2.32. The lowest BCUT2D eigenvalue weighted by atomic mass is 10.1. The van der Waals surface area contributed by atoms with E-state index in [2.05, 4.69) is 5.32 Å². The molecule has 4 heteroatoms. The Hall–Kier alpha value is -2.07. The van der Waals surface area contributed by atoms with E-state index in [4.69, 9.17) is 9.47 Å². The van der Waals surface area contributed by atoms with Crippen molar-refractivity contribution in [2.75, 3.05) is 14.2 Å². The van der Waals surface area contributed by atoms with Crippen molar-refractivity contribution in [2.45, 2.75) is 13.0 Å². The molecule has 20 heavy (non-hydrogen) atoms. The summed E-state index contributed by atoms with van der Waals surface area (Å²) in [4.78, 5) is 0. The molecule has 2 rings (SSSR count). The second-order valence-electron chi connectivity index (χ2n) is 4.44. The Balaban J connectivity index is 2.35. The van der Waals surface area contributed by atoms with Gasteiger partial charge in [-0.05, 0) is 38.2 Å². The molecule has 0 saturated carbocycles. The minimum absolute atomic E-state index is 0.142. The topological polar surface area (TPSA) is 30.5 Å². The monoisotopic (exact) mass is 275 g/mol. The van der Waals surface area contributed by atoms with Gasteiger partial charge in [0, 0.05) is 17.7 Å². The third-order valence-electron chi connectivity index (χ3n) is 3.15. The lowest BCUT2D eigenvalue weighted by Crippen LogP contribution is -2.14. The average Bonchev–Trinajstić information content (AvgIpc) is 2.47. The van der Waals surface area contributed by atoms with Crippen LogP contribution in [0.2, 0.25) is 0 Å². The number of methoxy groups -OCH3 is 1. The maximum absolute atomic E-state index is 14.0. The smallest absolute Gasteiger partial charge is 0.135 e. The van der Waals surface area contributed by atoms with Gasteiger partial charge in [-0.3, -0.25) is 0 Å². The number of hydrogen-bond donors (Lipinski definition) is 1. The van der Waals surface area contributed by atoms with Gasteiger partial charge in [-0.1, -0.05) is 12.1 Å². The van der Waals surface area contributed by atoms with Gasteiger partial charge in [0.05, 0.1) is 7.11 Å². The van der Waals surface area contributed by atoms with Gasteiger partial charge in [-0.2, -0.15) is 0 Å². The second kappa shape index (κ2) is 6.39. The van der Waals surface area contributed by atoms with Crippen LogP contribution in [0.5, 0.6) is 17.2 Å². The largest absolute Gasteiger partial charge is 0.497 e. The normalized spacial score (nSPS) is 12.0. The molecule has 2 aromatic carbocycles. The Morgan fingerprint density at radius 1 is 1.10 bits per heavy atom. The number of halogens is 1. The third-order valence-corrected chi connectivity index (χ3v) is 3.15. The van der Waals surface area contributed by atoms with Gasteiger partial charge >= 0.3 is 0 Å². The van der Waals surface area contributed by atoms with Gasteiger partial charge in [0.25, 0.3) is 0 Å². The van der Waals surface area contributed by atoms with Crippen LogP contribution in [0.3, 0.4) is 0 Å². The van der Waals surface area contributed by atoms with E-state index in [1.54, 1.807) is 38.4 Å². The maximum Gasteiger partial charge on any atom is 0.135 e. The zero-order valence-electron chi connectivity index (χ0n) is 11.8. The van der Waals surface area contributed by atoms with Gasteiger partial charge < -0.3 is 14.8 Å². The van der Waals surface area contributed by atoms with Gasteiger partial charge in [0.15, 0.2) is 0 Å². The molecule has 2 aromatic rings. The highest BCUT2D eigenvalue weighted by molar-refractivity contribution is 5.42. The van der Waals surface area contributed by atoms with Crippen LogP contribution < -0.4 is 14.8 Å². The van der Waals surface area contributed by atoms with Crippen molar-refractivity contribution in [3.8, 4) is 17.2 Å². The molecular weight excluding hydrogens is 257 g/mol. The summed E-state index contributed by atoms with van der Waals surface area (Å²) in [5, 5.41) is 3.03. The van der Waals surface area contributed by atoms with E-state index in [9.17, 15) is 4.39 Å². The molecule has 106 valence electrons. The van der Waals surface area contributed by atoms with Crippen molar-refractivity contribution in [1.29, 1.82) is 0 Å². The van der Waals surface area contributed by atoms with Crippen molar-refractivity contribution >= 4 is 0 Å². The predicted molar refractivity (Wildman–Crippen MR) is 76.9 cm³/mol. The summed E-state index contributed by atoms with van der Waals surface area (Å²) in [6.07, 6.45) is 0. The number of hydrogen-bond acceptors (Lipinski definition) is 3. The molecule has 0 amide bonds. The number of benzene rings is 2. The minimum Gasteiger partial charge on any atom is -0.497 e. The molecule has 1 atom stereocenters. The lowest BCUT2D eigenvalue weighted by Gasteiger charge is -2.17. The van der Waals surface area contributed by atoms with Gasteiger partial charge in [-0.25, -0.2) is 4.39 Å². The molecule has 0 saturated heterocycles. The molecule has 0 spiro atoms. The number of nitrogens with one attached hydrogen (secondary N) is 1. The molecule has 0 aliphatic rings. The standard InChI is InChI=1S/C16H18FNO2/c1-11(18-2)16-14(17)8-5-9-15(16)20-13-7-4-6-12(10-13)19-3/h4-11,18H,1-3H3. The molecule has 0 aromatic heterocycles. The van der Waals surface area contributed by atoms with Crippen LogP contribution in [0.15, 0.2) is 42.5 Å². The van der Waals surface area contributed by atoms with Gasteiger partial charge in [-0.15, -0.1) is 0 Å². The minimum atomic E-state index is -0.285. The van der Waals surface area contributed by atoms with E-state index < -0.39 is 0 Å². The van der Waals surface area contributed by atoms with Gasteiger partial charge in [0.2, 0.25) is 0 Å². The summed E-state index contributed by atoms with van der Waals surface area (Å²) in [5.74, 6) is 1.52. The fraction of sp³-hybridized carbons (Fsp3) is 0.250. The molecule has 0 fully saturated rings.